The normalized spacial score (nSPS) is 43.3. The highest BCUT2D eigenvalue weighted by Gasteiger charge is 2.73. The molecule has 0 amide bonds. The second kappa shape index (κ2) is 21.9. The SMILES string of the molecule is C.C.C.C.C.C.C.C.COCOC(=O)C1C2CC(C1C(=O)OC1CC3CCC1(C)C3(C)C)C(C1C3CCC(C3)C1C1C(=O)OC(=O)C1C)C2C1C(C)C2CC(C(O)CC(=O)OC(C)(C)C)C1C2. The van der Waals surface area contributed by atoms with Crippen LogP contribution in [0.25, 0.3) is 0 Å². The van der Waals surface area contributed by atoms with Gasteiger partial charge in [-0.05, 0) is 167 Å². The van der Waals surface area contributed by atoms with Crippen molar-refractivity contribution in [3.8, 4) is 0 Å². The molecule has 0 radical (unpaired) electrons. The van der Waals surface area contributed by atoms with Gasteiger partial charge in [0.1, 0.15) is 11.7 Å². The highest BCUT2D eigenvalue weighted by atomic mass is 16.7. The van der Waals surface area contributed by atoms with Crippen LogP contribution in [0.4, 0.5) is 0 Å². The first kappa shape index (κ1) is 62.5. The van der Waals surface area contributed by atoms with Gasteiger partial charge in [-0.3, -0.25) is 24.0 Å². The third-order valence-corrected chi connectivity index (χ3v) is 19.7. The predicted octanol–water partition coefficient (Wildman–Crippen LogP) is 12.1. The average molecular weight is 951 g/mol. The molecule has 0 aromatic carbocycles. The smallest absolute Gasteiger partial charge is 0.317 e. The van der Waals surface area contributed by atoms with Gasteiger partial charge in [0.2, 0.25) is 0 Å². The Morgan fingerprint density at radius 1 is 0.716 bits per heavy atom. The molecule has 21 unspecified atom stereocenters. The number of methoxy groups -OCH3 is 1. The van der Waals surface area contributed by atoms with Gasteiger partial charge < -0.3 is 28.8 Å². The lowest BCUT2D eigenvalue weighted by atomic mass is 9.52. The summed E-state index contributed by atoms with van der Waals surface area (Å²) in [4.78, 5) is 69.3. The summed E-state index contributed by atoms with van der Waals surface area (Å²) in [5, 5.41) is 11.8. The minimum atomic E-state index is -0.847. The minimum absolute atomic E-state index is 0. The van der Waals surface area contributed by atoms with Gasteiger partial charge in [0.25, 0.3) is 0 Å². The van der Waals surface area contributed by atoms with E-state index in [9.17, 15) is 24.3 Å². The number of aliphatic hydroxyl groups excluding tert-OH is 1. The summed E-state index contributed by atoms with van der Waals surface area (Å²) in [7, 11) is 1.49. The molecule has 0 spiro atoms. The molecule has 0 aromatic heterocycles. The molecule has 67 heavy (non-hydrogen) atoms. The summed E-state index contributed by atoms with van der Waals surface area (Å²) >= 11 is 0. The van der Waals surface area contributed by atoms with Crippen molar-refractivity contribution >= 4 is 29.8 Å². The van der Waals surface area contributed by atoms with E-state index >= 15 is 4.79 Å². The molecule has 9 fully saturated rings. The fourth-order valence-electron chi connectivity index (χ4n) is 17.1. The van der Waals surface area contributed by atoms with E-state index in [1.54, 1.807) is 0 Å². The summed E-state index contributed by atoms with van der Waals surface area (Å²) in [5.41, 5.74) is -0.757. The second-order valence-corrected chi connectivity index (χ2v) is 23.1. The van der Waals surface area contributed by atoms with Crippen LogP contribution in [0.2, 0.25) is 0 Å². The summed E-state index contributed by atoms with van der Waals surface area (Å²) in [5.74, 6) is -2.66. The van der Waals surface area contributed by atoms with E-state index in [1.165, 1.54) is 7.11 Å². The Kier molecular flexibility index (Phi) is 20.4. The number of aliphatic hydroxyl groups is 1. The zero-order valence-electron chi connectivity index (χ0n) is 36.9. The molecule has 1 saturated heterocycles. The van der Waals surface area contributed by atoms with Gasteiger partial charge >= 0.3 is 29.8 Å². The van der Waals surface area contributed by atoms with E-state index < -0.39 is 59.3 Å². The number of carbonyl (C=O) groups excluding carboxylic acids is 5. The van der Waals surface area contributed by atoms with Crippen LogP contribution < -0.4 is 0 Å². The van der Waals surface area contributed by atoms with Crippen molar-refractivity contribution in [2.45, 2.75) is 197 Å². The Labute approximate surface area is 409 Å². The molecule has 392 valence electrons. The first-order valence-corrected chi connectivity index (χ1v) is 23.3. The second-order valence-electron chi connectivity index (χ2n) is 23.1. The third-order valence-electron chi connectivity index (χ3n) is 19.7. The largest absolute Gasteiger partial charge is 0.462 e. The Hall–Kier alpha value is -2.53. The summed E-state index contributed by atoms with van der Waals surface area (Å²) in [6.07, 6.45) is 7.38. The third kappa shape index (κ3) is 9.55. The number of esters is 5. The van der Waals surface area contributed by atoms with Crippen LogP contribution in [0.3, 0.4) is 0 Å². The van der Waals surface area contributed by atoms with Crippen LogP contribution in [0.1, 0.15) is 179 Å². The highest BCUT2D eigenvalue weighted by Crippen LogP contribution is 2.74. The van der Waals surface area contributed by atoms with Gasteiger partial charge in [-0.25, -0.2) is 0 Å². The van der Waals surface area contributed by atoms with E-state index in [2.05, 4.69) is 27.7 Å². The lowest BCUT2D eigenvalue weighted by Crippen LogP contribution is -2.53. The zero-order valence-corrected chi connectivity index (χ0v) is 36.9. The molecule has 1 heterocycles. The maximum Gasteiger partial charge on any atom is 0.317 e. The molecule has 8 saturated carbocycles. The van der Waals surface area contributed by atoms with Gasteiger partial charge in [-0.15, -0.1) is 0 Å². The van der Waals surface area contributed by atoms with Crippen molar-refractivity contribution < 1.29 is 52.8 Å². The number of hydrogen-bond donors (Lipinski definition) is 1. The highest BCUT2D eigenvalue weighted by molar-refractivity contribution is 5.96. The average Bonchev–Trinajstić information content (AvgIpc) is 4.04. The Morgan fingerprint density at radius 3 is 1.81 bits per heavy atom. The molecule has 1 N–H and O–H groups in total. The Balaban J connectivity index is 0.00000281. The van der Waals surface area contributed by atoms with Gasteiger partial charge in [-0.2, -0.15) is 0 Å². The van der Waals surface area contributed by atoms with E-state index in [0.29, 0.717) is 36.0 Å². The molecule has 1 aliphatic heterocycles. The summed E-state index contributed by atoms with van der Waals surface area (Å²) in [6, 6.07) is 0. The quantitative estimate of drug-likeness (QED) is 0.0912. The maximum absolute atomic E-state index is 15.1. The van der Waals surface area contributed by atoms with Crippen molar-refractivity contribution in [3.05, 3.63) is 0 Å². The van der Waals surface area contributed by atoms with Crippen LogP contribution >= 0.6 is 0 Å². The summed E-state index contributed by atoms with van der Waals surface area (Å²) in [6.45, 7) is 16.4. The van der Waals surface area contributed by atoms with E-state index in [4.69, 9.17) is 23.7 Å². The molecule has 9 aliphatic rings. The van der Waals surface area contributed by atoms with Crippen molar-refractivity contribution in [2.24, 2.45) is 117 Å². The van der Waals surface area contributed by atoms with E-state index in [-0.39, 0.29) is 149 Å². The van der Waals surface area contributed by atoms with Crippen LogP contribution in [0, 0.1) is 117 Å². The summed E-state index contributed by atoms with van der Waals surface area (Å²) < 4.78 is 28.8. The number of hydrogen-bond acceptors (Lipinski definition) is 11. The Bertz CT molecular complexity index is 1730. The fourth-order valence-corrected chi connectivity index (χ4v) is 17.1. The minimum Gasteiger partial charge on any atom is -0.462 e. The molecular weight excluding hydrogens is 849 g/mol. The lowest BCUT2D eigenvalue weighted by Gasteiger charge is -2.52. The number of cyclic esters (lactones) is 2. The number of carbonyl (C=O) groups is 5. The monoisotopic (exact) mass is 951 g/mol. The maximum atomic E-state index is 15.1. The first-order valence-electron chi connectivity index (χ1n) is 23.3. The molecule has 8 aliphatic carbocycles. The van der Waals surface area contributed by atoms with Gasteiger partial charge in [-0.1, -0.05) is 94.0 Å². The first-order chi connectivity index (χ1) is 27.8. The molecule has 9 rings (SSSR count). The van der Waals surface area contributed by atoms with E-state index in [1.807, 2.05) is 27.7 Å². The fraction of sp³-hybridized carbons (Fsp3) is 0.911. The van der Waals surface area contributed by atoms with Crippen molar-refractivity contribution in [1.82, 2.24) is 0 Å². The zero-order chi connectivity index (χ0) is 42.2. The van der Waals surface area contributed by atoms with E-state index in [0.717, 1.165) is 51.4 Å². The molecule has 21 atom stereocenters. The van der Waals surface area contributed by atoms with Gasteiger partial charge in [0, 0.05) is 12.5 Å². The molecule has 8 bridgehead atoms. The Morgan fingerprint density at radius 2 is 1.30 bits per heavy atom. The molecular formula is C56H102O11. The van der Waals surface area contributed by atoms with Crippen LogP contribution in [-0.2, 0) is 47.7 Å². The molecule has 11 nitrogen and oxygen atoms in total. The number of ether oxygens (including phenoxy) is 5. The number of rotatable bonds is 11. The van der Waals surface area contributed by atoms with Gasteiger partial charge in [0.05, 0.1) is 36.2 Å². The lowest BCUT2D eigenvalue weighted by molar-refractivity contribution is -0.182. The van der Waals surface area contributed by atoms with Crippen molar-refractivity contribution in [1.29, 1.82) is 0 Å². The van der Waals surface area contributed by atoms with Gasteiger partial charge in [0.15, 0.2) is 6.79 Å². The van der Waals surface area contributed by atoms with Crippen molar-refractivity contribution in [2.75, 3.05) is 13.9 Å². The predicted molar refractivity (Wildman–Crippen MR) is 267 cm³/mol. The molecule has 11 heteroatoms. The van der Waals surface area contributed by atoms with Crippen LogP contribution in [-0.4, -0.2) is 66.7 Å². The number of fused-ring (bicyclic) bond motifs is 8. The standard InChI is InChI=1S/C48H70O11.8CH4/c1-21-25-15-27(31(49)19-33(50)59-46(3,4)5)28(16-25)34(21)38-29-18-30(39(38)37-24-11-10-23(14-24)36(37)35-22(2)42(51)58-44(35)53)41(40(29)43(52)56-20-55-9)45(54)57-32-17-26-12-13-48(32,8)47(26,6)7;;;;;;;;/h21-32,34-41,49H,10-20H2,1-9H3;8*1H4. The van der Waals surface area contributed by atoms with Crippen LogP contribution in [0.15, 0.2) is 0 Å². The topological polar surface area (TPSA) is 152 Å². The molecule has 0 aromatic rings. The van der Waals surface area contributed by atoms with Crippen LogP contribution in [0.5, 0.6) is 0 Å². The van der Waals surface area contributed by atoms with Crippen molar-refractivity contribution in [3.63, 3.8) is 0 Å².